The molecule has 1 unspecified atom stereocenters. The summed E-state index contributed by atoms with van der Waals surface area (Å²) in [5, 5.41) is 3.68. The predicted octanol–water partition coefficient (Wildman–Crippen LogP) is 3.01. The van der Waals surface area contributed by atoms with Gasteiger partial charge in [0, 0.05) is 6.04 Å². The average Bonchev–Trinajstić information content (AvgIpc) is 3.09. The summed E-state index contributed by atoms with van der Waals surface area (Å²) in [5.41, 5.74) is 1.45. The van der Waals surface area contributed by atoms with E-state index in [9.17, 15) is 0 Å². The molecule has 15 heavy (non-hydrogen) atoms. The maximum atomic E-state index is 3.68. The third-order valence-electron chi connectivity index (χ3n) is 3.21. The second-order valence-corrected chi connectivity index (χ2v) is 4.65. The van der Waals surface area contributed by atoms with E-state index in [1.165, 1.54) is 37.8 Å². The van der Waals surface area contributed by atoms with Crippen LogP contribution in [0.5, 0.6) is 0 Å². The topological polar surface area (TPSA) is 12.0 Å². The molecule has 0 amide bonds. The molecule has 1 aromatic rings. The quantitative estimate of drug-likeness (QED) is 0.749. The van der Waals surface area contributed by atoms with Crippen molar-refractivity contribution < 1.29 is 0 Å². The molecule has 0 saturated heterocycles. The summed E-state index contributed by atoms with van der Waals surface area (Å²) < 4.78 is 0. The van der Waals surface area contributed by atoms with Gasteiger partial charge in [0.25, 0.3) is 0 Å². The summed E-state index contributed by atoms with van der Waals surface area (Å²) >= 11 is 0. The third kappa shape index (κ3) is 3.67. The lowest BCUT2D eigenvalue weighted by molar-refractivity contribution is 0.481. The van der Waals surface area contributed by atoms with Crippen molar-refractivity contribution in [2.24, 2.45) is 5.92 Å². The molecule has 82 valence electrons. The normalized spacial score (nSPS) is 17.7. The van der Waals surface area contributed by atoms with Crippen molar-refractivity contribution in [1.82, 2.24) is 5.32 Å². The molecule has 0 aromatic heterocycles. The summed E-state index contributed by atoms with van der Waals surface area (Å²) in [4.78, 5) is 0. The standard InChI is InChI=1S/C14H21N/c1-2-14(15-11-13-8-9-13)10-12-6-4-3-5-7-12/h3-7,13-15H,2,8-11H2,1H3. The first-order valence-electron chi connectivity index (χ1n) is 6.15. The number of rotatable bonds is 6. The van der Waals surface area contributed by atoms with Crippen molar-refractivity contribution in [3.63, 3.8) is 0 Å². The summed E-state index contributed by atoms with van der Waals surface area (Å²) in [6.45, 7) is 3.50. The fourth-order valence-corrected chi connectivity index (χ4v) is 1.91. The minimum absolute atomic E-state index is 0.660. The smallest absolute Gasteiger partial charge is 0.0105 e. The Hall–Kier alpha value is -0.820. The molecule has 1 atom stereocenters. The Balaban J connectivity index is 1.78. The lowest BCUT2D eigenvalue weighted by Crippen LogP contribution is -2.32. The van der Waals surface area contributed by atoms with Gasteiger partial charge in [-0.25, -0.2) is 0 Å². The summed E-state index contributed by atoms with van der Waals surface area (Å²) in [6, 6.07) is 11.4. The van der Waals surface area contributed by atoms with Gasteiger partial charge in [-0.1, -0.05) is 37.3 Å². The van der Waals surface area contributed by atoms with E-state index in [1.54, 1.807) is 0 Å². The highest BCUT2D eigenvalue weighted by molar-refractivity contribution is 5.15. The zero-order chi connectivity index (χ0) is 10.5. The molecule has 0 heterocycles. The summed E-state index contributed by atoms with van der Waals surface area (Å²) in [5.74, 6) is 0.981. The fourth-order valence-electron chi connectivity index (χ4n) is 1.91. The van der Waals surface area contributed by atoms with Crippen molar-refractivity contribution in [2.75, 3.05) is 6.54 Å². The lowest BCUT2D eigenvalue weighted by atomic mass is 10.0. The number of nitrogens with one attached hydrogen (secondary N) is 1. The van der Waals surface area contributed by atoms with Crippen LogP contribution in [-0.2, 0) is 6.42 Å². The van der Waals surface area contributed by atoms with E-state index in [4.69, 9.17) is 0 Å². The Kier molecular flexibility index (Phi) is 3.79. The van der Waals surface area contributed by atoms with E-state index in [0.717, 1.165) is 5.92 Å². The molecule has 1 aliphatic carbocycles. The maximum absolute atomic E-state index is 3.68. The van der Waals surface area contributed by atoms with Gasteiger partial charge in [-0.15, -0.1) is 0 Å². The zero-order valence-electron chi connectivity index (χ0n) is 9.58. The van der Waals surface area contributed by atoms with Gasteiger partial charge in [-0.05, 0) is 43.7 Å². The lowest BCUT2D eigenvalue weighted by Gasteiger charge is -2.16. The molecule has 0 radical (unpaired) electrons. The van der Waals surface area contributed by atoms with Crippen molar-refractivity contribution in [3.8, 4) is 0 Å². The minimum Gasteiger partial charge on any atom is -0.313 e. The van der Waals surface area contributed by atoms with Crippen LogP contribution < -0.4 is 5.32 Å². The van der Waals surface area contributed by atoms with Crippen molar-refractivity contribution in [2.45, 2.75) is 38.6 Å². The first-order valence-corrected chi connectivity index (χ1v) is 6.15. The number of hydrogen-bond acceptors (Lipinski definition) is 1. The van der Waals surface area contributed by atoms with Gasteiger partial charge in [-0.2, -0.15) is 0 Å². The second kappa shape index (κ2) is 5.32. The van der Waals surface area contributed by atoms with E-state index in [0.29, 0.717) is 6.04 Å². The molecule has 1 nitrogen and oxygen atoms in total. The van der Waals surface area contributed by atoms with Gasteiger partial charge in [0.15, 0.2) is 0 Å². The van der Waals surface area contributed by atoms with Gasteiger partial charge >= 0.3 is 0 Å². The molecule has 0 bridgehead atoms. The molecule has 1 fully saturated rings. The van der Waals surface area contributed by atoms with Gasteiger partial charge in [0.1, 0.15) is 0 Å². The van der Waals surface area contributed by atoms with Crippen molar-refractivity contribution in [3.05, 3.63) is 35.9 Å². The Morgan fingerprint density at radius 3 is 2.60 bits per heavy atom. The first kappa shape index (κ1) is 10.7. The molecule has 1 N–H and O–H groups in total. The van der Waals surface area contributed by atoms with E-state index < -0.39 is 0 Å². The first-order chi connectivity index (χ1) is 7.38. The van der Waals surface area contributed by atoms with Crippen LogP contribution >= 0.6 is 0 Å². The van der Waals surface area contributed by atoms with Gasteiger partial charge in [0.2, 0.25) is 0 Å². The SMILES string of the molecule is CCC(Cc1ccccc1)NCC1CC1. The monoisotopic (exact) mass is 203 g/mol. The molecule has 1 aliphatic rings. The molecule has 2 rings (SSSR count). The molecular formula is C14H21N. The molecular weight excluding hydrogens is 182 g/mol. The summed E-state index contributed by atoms with van der Waals surface area (Å²) in [7, 11) is 0. The summed E-state index contributed by atoms with van der Waals surface area (Å²) in [6.07, 6.45) is 5.27. The van der Waals surface area contributed by atoms with Gasteiger partial charge in [0.05, 0.1) is 0 Å². The Labute approximate surface area is 92.9 Å². The van der Waals surface area contributed by atoms with E-state index in [2.05, 4.69) is 42.6 Å². The third-order valence-corrected chi connectivity index (χ3v) is 3.21. The number of benzene rings is 1. The minimum atomic E-state index is 0.660. The second-order valence-electron chi connectivity index (χ2n) is 4.65. The van der Waals surface area contributed by atoms with Gasteiger partial charge in [-0.3, -0.25) is 0 Å². The highest BCUT2D eigenvalue weighted by atomic mass is 14.9. The van der Waals surface area contributed by atoms with Gasteiger partial charge < -0.3 is 5.32 Å². The Bertz CT molecular complexity index is 277. The van der Waals surface area contributed by atoms with E-state index >= 15 is 0 Å². The largest absolute Gasteiger partial charge is 0.313 e. The Morgan fingerprint density at radius 2 is 2.00 bits per heavy atom. The van der Waals surface area contributed by atoms with Crippen LogP contribution in [0.25, 0.3) is 0 Å². The zero-order valence-corrected chi connectivity index (χ0v) is 9.58. The fraction of sp³-hybridized carbons (Fsp3) is 0.571. The molecule has 1 aromatic carbocycles. The van der Waals surface area contributed by atoms with Crippen LogP contribution in [-0.4, -0.2) is 12.6 Å². The molecule has 0 spiro atoms. The molecule has 1 heteroatoms. The molecule has 0 aliphatic heterocycles. The average molecular weight is 203 g/mol. The van der Waals surface area contributed by atoms with Crippen LogP contribution in [0.15, 0.2) is 30.3 Å². The maximum Gasteiger partial charge on any atom is 0.0105 e. The molecule has 1 saturated carbocycles. The highest BCUT2D eigenvalue weighted by Gasteiger charge is 2.21. The number of hydrogen-bond donors (Lipinski definition) is 1. The predicted molar refractivity (Wildman–Crippen MR) is 65.0 cm³/mol. The highest BCUT2D eigenvalue weighted by Crippen LogP contribution is 2.27. The van der Waals surface area contributed by atoms with Crippen molar-refractivity contribution in [1.29, 1.82) is 0 Å². The Morgan fingerprint density at radius 1 is 1.27 bits per heavy atom. The van der Waals surface area contributed by atoms with Crippen LogP contribution in [0.3, 0.4) is 0 Å². The van der Waals surface area contributed by atoms with Crippen molar-refractivity contribution >= 4 is 0 Å². The van der Waals surface area contributed by atoms with E-state index in [1.807, 2.05) is 0 Å². The van der Waals surface area contributed by atoms with Crippen LogP contribution in [0.1, 0.15) is 31.7 Å². The van der Waals surface area contributed by atoms with E-state index in [-0.39, 0.29) is 0 Å². The van der Waals surface area contributed by atoms with Crippen LogP contribution in [0.2, 0.25) is 0 Å². The van der Waals surface area contributed by atoms with Crippen LogP contribution in [0.4, 0.5) is 0 Å². The van der Waals surface area contributed by atoms with Crippen LogP contribution in [0, 0.1) is 5.92 Å².